The van der Waals surface area contributed by atoms with Gasteiger partial charge in [0.25, 0.3) is 0 Å². The Labute approximate surface area is 126 Å². The first-order valence-corrected chi connectivity index (χ1v) is 8.22. The molecule has 0 aliphatic carbocycles. The van der Waals surface area contributed by atoms with Crippen LogP contribution in [0.4, 0.5) is 0 Å². The third-order valence-corrected chi connectivity index (χ3v) is 5.19. The SMILES string of the molecule is COC(=O)[C@H]1CN(C(=O)CSc2nccn2C)CCS1. The zero-order valence-corrected chi connectivity index (χ0v) is 13.1. The van der Waals surface area contributed by atoms with Crippen molar-refractivity contribution >= 4 is 35.4 Å². The zero-order valence-electron chi connectivity index (χ0n) is 11.4. The molecule has 0 aromatic carbocycles. The number of hydrogen-bond donors (Lipinski definition) is 0. The molecule has 1 aliphatic rings. The van der Waals surface area contributed by atoms with E-state index in [0.717, 1.165) is 10.9 Å². The van der Waals surface area contributed by atoms with Crippen LogP contribution in [0.15, 0.2) is 17.6 Å². The number of hydrogen-bond acceptors (Lipinski definition) is 6. The molecule has 0 unspecified atom stereocenters. The summed E-state index contributed by atoms with van der Waals surface area (Å²) in [6, 6.07) is 0. The second kappa shape index (κ2) is 7.03. The van der Waals surface area contributed by atoms with Gasteiger partial charge in [0.05, 0.1) is 12.9 Å². The van der Waals surface area contributed by atoms with Crippen molar-refractivity contribution in [2.24, 2.45) is 7.05 Å². The first kappa shape index (κ1) is 15.2. The number of amides is 1. The molecule has 6 nitrogen and oxygen atoms in total. The van der Waals surface area contributed by atoms with E-state index in [2.05, 4.69) is 4.98 Å². The zero-order chi connectivity index (χ0) is 14.5. The number of aryl methyl sites for hydroxylation is 1. The van der Waals surface area contributed by atoms with Gasteiger partial charge in [0, 0.05) is 38.3 Å². The van der Waals surface area contributed by atoms with Gasteiger partial charge in [-0.15, -0.1) is 11.8 Å². The Kier molecular flexibility index (Phi) is 5.36. The highest BCUT2D eigenvalue weighted by atomic mass is 32.2. The Hall–Kier alpha value is -1.15. The van der Waals surface area contributed by atoms with Crippen LogP contribution in [0.3, 0.4) is 0 Å². The van der Waals surface area contributed by atoms with E-state index < -0.39 is 0 Å². The molecule has 2 rings (SSSR count). The molecule has 8 heteroatoms. The normalized spacial score (nSPS) is 18.9. The van der Waals surface area contributed by atoms with Crippen LogP contribution >= 0.6 is 23.5 Å². The van der Waals surface area contributed by atoms with Crippen LogP contribution in [0.2, 0.25) is 0 Å². The summed E-state index contributed by atoms with van der Waals surface area (Å²) in [5.74, 6) is 0.874. The number of esters is 1. The topological polar surface area (TPSA) is 64.4 Å². The predicted octanol–water partition coefficient (Wildman–Crippen LogP) is 0.629. The summed E-state index contributed by atoms with van der Waals surface area (Å²) >= 11 is 2.95. The lowest BCUT2D eigenvalue weighted by Gasteiger charge is -2.30. The average Bonchev–Trinajstić information content (AvgIpc) is 2.89. The van der Waals surface area contributed by atoms with E-state index in [0.29, 0.717) is 18.8 Å². The van der Waals surface area contributed by atoms with Crippen molar-refractivity contribution in [2.45, 2.75) is 10.4 Å². The maximum Gasteiger partial charge on any atom is 0.320 e. The van der Waals surface area contributed by atoms with Crippen molar-refractivity contribution in [1.82, 2.24) is 14.5 Å². The largest absolute Gasteiger partial charge is 0.468 e. The minimum Gasteiger partial charge on any atom is -0.468 e. The van der Waals surface area contributed by atoms with Crippen LogP contribution in [0.25, 0.3) is 0 Å². The van der Waals surface area contributed by atoms with Gasteiger partial charge < -0.3 is 14.2 Å². The quantitative estimate of drug-likeness (QED) is 0.600. The van der Waals surface area contributed by atoms with Crippen molar-refractivity contribution in [3.05, 3.63) is 12.4 Å². The molecule has 0 saturated carbocycles. The molecule has 0 N–H and O–H groups in total. The smallest absolute Gasteiger partial charge is 0.320 e. The summed E-state index contributed by atoms with van der Waals surface area (Å²) in [5, 5.41) is 0.546. The van der Waals surface area contributed by atoms with Crippen molar-refractivity contribution < 1.29 is 14.3 Å². The van der Waals surface area contributed by atoms with Gasteiger partial charge >= 0.3 is 5.97 Å². The number of ether oxygens (including phenoxy) is 1. The Balaban J connectivity index is 1.86. The summed E-state index contributed by atoms with van der Waals surface area (Å²) in [7, 11) is 3.27. The van der Waals surface area contributed by atoms with Gasteiger partial charge in [-0.1, -0.05) is 11.8 Å². The highest BCUT2D eigenvalue weighted by molar-refractivity contribution is 8.00. The molecule has 110 valence electrons. The van der Waals surface area contributed by atoms with E-state index in [9.17, 15) is 9.59 Å². The summed E-state index contributed by atoms with van der Waals surface area (Å²) in [4.78, 5) is 29.6. The maximum atomic E-state index is 12.2. The molecule has 1 saturated heterocycles. The molecule has 2 heterocycles. The number of imidazole rings is 1. The molecule has 1 aliphatic heterocycles. The van der Waals surface area contributed by atoms with Gasteiger partial charge in [-0.05, 0) is 0 Å². The van der Waals surface area contributed by atoms with Gasteiger partial charge in [-0.3, -0.25) is 9.59 Å². The van der Waals surface area contributed by atoms with Gasteiger partial charge in [0.1, 0.15) is 5.25 Å². The van der Waals surface area contributed by atoms with E-state index in [4.69, 9.17) is 4.74 Å². The van der Waals surface area contributed by atoms with Crippen molar-refractivity contribution in [2.75, 3.05) is 31.7 Å². The van der Waals surface area contributed by atoms with E-state index in [-0.39, 0.29) is 17.1 Å². The van der Waals surface area contributed by atoms with Crippen LogP contribution < -0.4 is 0 Å². The summed E-state index contributed by atoms with van der Waals surface area (Å²) in [5.41, 5.74) is 0. The highest BCUT2D eigenvalue weighted by Crippen LogP contribution is 2.21. The van der Waals surface area contributed by atoms with Crippen LogP contribution in [-0.4, -0.2) is 63.3 Å². The van der Waals surface area contributed by atoms with E-state index >= 15 is 0 Å². The molecular formula is C12H17N3O3S2. The van der Waals surface area contributed by atoms with Crippen LogP contribution in [-0.2, 0) is 21.4 Å². The standard InChI is InChI=1S/C12H17N3O3S2/c1-14-4-3-13-12(14)20-8-10(16)15-5-6-19-9(7-15)11(17)18-2/h3-4,9H,5-8H2,1-2H3/t9-/m1/s1. The molecule has 1 amide bonds. The minimum atomic E-state index is -0.268. The van der Waals surface area contributed by atoms with E-state index in [1.54, 1.807) is 22.9 Å². The van der Waals surface area contributed by atoms with Gasteiger partial charge in [0.2, 0.25) is 5.91 Å². The van der Waals surface area contributed by atoms with Gasteiger partial charge in [-0.25, -0.2) is 4.98 Å². The fourth-order valence-electron chi connectivity index (χ4n) is 1.86. The Morgan fingerprint density at radius 2 is 2.40 bits per heavy atom. The van der Waals surface area contributed by atoms with Gasteiger partial charge in [-0.2, -0.15) is 0 Å². The van der Waals surface area contributed by atoms with E-state index in [1.807, 2.05) is 17.8 Å². The molecule has 1 atom stereocenters. The highest BCUT2D eigenvalue weighted by Gasteiger charge is 2.29. The summed E-state index contributed by atoms with van der Waals surface area (Å²) in [6.07, 6.45) is 3.55. The number of methoxy groups -OCH3 is 1. The molecule has 20 heavy (non-hydrogen) atoms. The number of rotatable bonds is 4. The molecular weight excluding hydrogens is 298 g/mol. The number of nitrogens with zero attached hydrogens (tertiary/aromatic N) is 3. The van der Waals surface area contributed by atoms with Gasteiger partial charge in [0.15, 0.2) is 5.16 Å². The fourth-order valence-corrected chi connectivity index (χ4v) is 3.82. The lowest BCUT2D eigenvalue weighted by atomic mass is 10.3. The number of aromatic nitrogens is 2. The summed E-state index contributed by atoms with van der Waals surface area (Å²) in [6.45, 7) is 1.11. The van der Waals surface area contributed by atoms with Crippen molar-refractivity contribution in [1.29, 1.82) is 0 Å². The minimum absolute atomic E-state index is 0.0344. The first-order chi connectivity index (χ1) is 9.61. The monoisotopic (exact) mass is 315 g/mol. The van der Waals surface area contributed by atoms with Crippen LogP contribution in [0, 0.1) is 0 Å². The molecule has 0 radical (unpaired) electrons. The lowest BCUT2D eigenvalue weighted by Crippen LogP contribution is -2.45. The first-order valence-electron chi connectivity index (χ1n) is 6.19. The average molecular weight is 315 g/mol. The third kappa shape index (κ3) is 3.69. The second-order valence-corrected chi connectivity index (χ2v) is 6.58. The maximum absolute atomic E-state index is 12.2. The Morgan fingerprint density at radius 3 is 3.05 bits per heavy atom. The lowest BCUT2D eigenvalue weighted by molar-refractivity contribution is -0.141. The Morgan fingerprint density at radius 1 is 1.60 bits per heavy atom. The van der Waals surface area contributed by atoms with Crippen LogP contribution in [0.5, 0.6) is 0 Å². The second-order valence-electron chi connectivity index (χ2n) is 4.33. The van der Waals surface area contributed by atoms with Crippen molar-refractivity contribution in [3.63, 3.8) is 0 Å². The molecule has 1 aromatic heterocycles. The molecule has 1 aromatic rings. The molecule has 1 fully saturated rings. The molecule has 0 spiro atoms. The molecule has 0 bridgehead atoms. The van der Waals surface area contributed by atoms with E-state index in [1.165, 1.54) is 18.9 Å². The Bertz CT molecular complexity index is 492. The number of carbonyl (C=O) groups excluding carboxylic acids is 2. The van der Waals surface area contributed by atoms with Crippen molar-refractivity contribution in [3.8, 4) is 0 Å². The number of carbonyl (C=O) groups is 2. The number of thioether (sulfide) groups is 2. The third-order valence-electron chi connectivity index (χ3n) is 2.98. The van der Waals surface area contributed by atoms with Crippen LogP contribution in [0.1, 0.15) is 0 Å². The fraction of sp³-hybridized carbons (Fsp3) is 0.583. The predicted molar refractivity (Wildman–Crippen MR) is 78.8 cm³/mol. The summed E-state index contributed by atoms with van der Waals surface area (Å²) < 4.78 is 6.61.